The van der Waals surface area contributed by atoms with Gasteiger partial charge in [-0.1, -0.05) is 19.1 Å². The maximum Gasteiger partial charge on any atom is 0.0201 e. The summed E-state index contributed by atoms with van der Waals surface area (Å²) in [5.41, 5.74) is 1.25. The van der Waals surface area contributed by atoms with Crippen LogP contribution in [0, 0.1) is 0 Å². The minimum Gasteiger partial charge on any atom is -0.296 e. The summed E-state index contributed by atoms with van der Waals surface area (Å²) in [4.78, 5) is 2.54. The van der Waals surface area contributed by atoms with Crippen LogP contribution in [0.5, 0.6) is 0 Å². The number of hydrogen-bond donors (Lipinski definition) is 1. The highest BCUT2D eigenvalue weighted by Crippen LogP contribution is 2.20. The van der Waals surface area contributed by atoms with Gasteiger partial charge in [0.25, 0.3) is 0 Å². The highest BCUT2D eigenvalue weighted by molar-refractivity contribution is 7.80. The third-order valence-corrected chi connectivity index (χ3v) is 3.07. The normalized spacial score (nSPS) is 24.7. The number of rotatable bonds is 4. The molecule has 2 heteroatoms. The van der Waals surface area contributed by atoms with Crippen molar-refractivity contribution >= 4 is 12.6 Å². The van der Waals surface area contributed by atoms with Gasteiger partial charge in [0.1, 0.15) is 0 Å². The fourth-order valence-electron chi connectivity index (χ4n) is 1.90. The van der Waals surface area contributed by atoms with Crippen LogP contribution >= 0.6 is 12.6 Å². The molecule has 1 aliphatic rings. The lowest BCUT2D eigenvalue weighted by Gasteiger charge is -2.23. The Morgan fingerprint density at radius 3 is 3.00 bits per heavy atom. The molecule has 1 fully saturated rings. The molecule has 0 N–H and O–H groups in total. The summed E-state index contributed by atoms with van der Waals surface area (Å²) in [6, 6.07) is 0.807. The van der Waals surface area contributed by atoms with Gasteiger partial charge in [0.15, 0.2) is 0 Å². The monoisotopic (exact) mass is 185 g/mol. The van der Waals surface area contributed by atoms with Crippen molar-refractivity contribution in [2.45, 2.75) is 32.2 Å². The van der Waals surface area contributed by atoms with Gasteiger partial charge in [0, 0.05) is 18.3 Å². The first-order valence-electron chi connectivity index (χ1n) is 4.79. The van der Waals surface area contributed by atoms with Crippen molar-refractivity contribution in [3.63, 3.8) is 0 Å². The van der Waals surface area contributed by atoms with E-state index in [0.717, 1.165) is 18.3 Å². The molecule has 1 atom stereocenters. The van der Waals surface area contributed by atoms with E-state index in [1.54, 1.807) is 0 Å². The molecule has 0 radical (unpaired) electrons. The Morgan fingerprint density at radius 1 is 1.67 bits per heavy atom. The van der Waals surface area contributed by atoms with Crippen molar-refractivity contribution in [1.29, 1.82) is 0 Å². The molecule has 0 saturated carbocycles. The average Bonchev–Trinajstić information content (AvgIpc) is 2.51. The molecular formula is C10H19NS. The number of nitrogens with zero attached hydrogens (tertiary/aromatic N) is 1. The Morgan fingerprint density at radius 2 is 2.42 bits per heavy atom. The zero-order valence-electron chi connectivity index (χ0n) is 7.92. The van der Waals surface area contributed by atoms with Crippen LogP contribution in [-0.4, -0.2) is 29.8 Å². The molecule has 1 unspecified atom stereocenters. The second-order valence-corrected chi connectivity index (χ2v) is 3.90. The molecule has 1 nitrogen and oxygen atoms in total. The van der Waals surface area contributed by atoms with Crippen LogP contribution in [0.25, 0.3) is 0 Å². The van der Waals surface area contributed by atoms with Crippen LogP contribution in [0.1, 0.15) is 26.2 Å². The summed E-state index contributed by atoms with van der Waals surface area (Å²) in [5.74, 6) is 0.826. The second kappa shape index (κ2) is 4.93. The van der Waals surface area contributed by atoms with Crippen LogP contribution < -0.4 is 0 Å². The van der Waals surface area contributed by atoms with Crippen molar-refractivity contribution in [3.8, 4) is 0 Å². The zero-order chi connectivity index (χ0) is 8.97. The standard InChI is InChI=1S/C10H19NS/c1-3-10-5-4-6-11(10)7-9(2)8-12/h10,12H,2-8H2,1H3. The molecule has 0 aromatic heterocycles. The van der Waals surface area contributed by atoms with Crippen molar-refractivity contribution in [1.82, 2.24) is 4.90 Å². The smallest absolute Gasteiger partial charge is 0.0201 e. The Balaban J connectivity index is 2.35. The largest absolute Gasteiger partial charge is 0.296 e. The van der Waals surface area contributed by atoms with E-state index in [1.165, 1.54) is 31.4 Å². The minimum absolute atomic E-state index is 0.807. The van der Waals surface area contributed by atoms with Crippen LogP contribution in [0.15, 0.2) is 12.2 Å². The predicted molar refractivity (Wildman–Crippen MR) is 57.9 cm³/mol. The number of thiol groups is 1. The summed E-state index contributed by atoms with van der Waals surface area (Å²) in [7, 11) is 0. The maximum atomic E-state index is 4.22. The predicted octanol–water partition coefficient (Wildman–Crippen LogP) is 2.35. The fraction of sp³-hybridized carbons (Fsp3) is 0.800. The first-order valence-corrected chi connectivity index (χ1v) is 5.42. The Labute approximate surface area is 81.2 Å². The van der Waals surface area contributed by atoms with Gasteiger partial charge in [-0.05, 0) is 25.8 Å². The zero-order valence-corrected chi connectivity index (χ0v) is 8.82. The Hall–Kier alpha value is 0.0500. The van der Waals surface area contributed by atoms with E-state index < -0.39 is 0 Å². The van der Waals surface area contributed by atoms with E-state index in [2.05, 4.69) is 31.0 Å². The first-order chi connectivity index (χ1) is 5.77. The first kappa shape index (κ1) is 10.1. The number of hydrogen-bond acceptors (Lipinski definition) is 2. The van der Waals surface area contributed by atoms with Crippen LogP contribution in [0.3, 0.4) is 0 Å². The van der Waals surface area contributed by atoms with Crippen molar-refractivity contribution < 1.29 is 0 Å². The Kier molecular flexibility index (Phi) is 4.16. The van der Waals surface area contributed by atoms with Gasteiger partial charge in [-0.3, -0.25) is 4.90 Å². The average molecular weight is 185 g/mol. The molecule has 1 heterocycles. The molecular weight excluding hydrogens is 166 g/mol. The van der Waals surface area contributed by atoms with Gasteiger partial charge in [-0.25, -0.2) is 0 Å². The summed E-state index contributed by atoms with van der Waals surface area (Å²) in [6.07, 6.45) is 4.01. The third-order valence-electron chi connectivity index (χ3n) is 2.62. The third kappa shape index (κ3) is 2.53. The van der Waals surface area contributed by atoms with Gasteiger partial charge in [-0.2, -0.15) is 12.6 Å². The molecule has 0 aromatic carbocycles. The molecule has 0 bridgehead atoms. The summed E-state index contributed by atoms with van der Waals surface area (Å²) >= 11 is 4.22. The van der Waals surface area contributed by atoms with E-state index >= 15 is 0 Å². The molecule has 0 aromatic rings. The van der Waals surface area contributed by atoms with E-state index in [9.17, 15) is 0 Å². The van der Waals surface area contributed by atoms with Crippen LogP contribution in [0.4, 0.5) is 0 Å². The molecule has 0 amide bonds. The molecule has 1 aliphatic heterocycles. The molecule has 0 spiro atoms. The minimum atomic E-state index is 0.807. The van der Waals surface area contributed by atoms with Crippen LogP contribution in [-0.2, 0) is 0 Å². The Bertz CT molecular complexity index is 156. The van der Waals surface area contributed by atoms with E-state index in [0.29, 0.717) is 0 Å². The highest BCUT2D eigenvalue weighted by atomic mass is 32.1. The topological polar surface area (TPSA) is 3.24 Å². The van der Waals surface area contributed by atoms with Gasteiger partial charge >= 0.3 is 0 Å². The van der Waals surface area contributed by atoms with Crippen molar-refractivity contribution in [2.75, 3.05) is 18.8 Å². The molecule has 1 rings (SSSR count). The molecule has 12 heavy (non-hydrogen) atoms. The lowest BCUT2D eigenvalue weighted by Crippen LogP contribution is -2.30. The van der Waals surface area contributed by atoms with Gasteiger partial charge in [0.2, 0.25) is 0 Å². The second-order valence-electron chi connectivity index (χ2n) is 3.58. The fourth-order valence-corrected chi connectivity index (χ4v) is 2.00. The highest BCUT2D eigenvalue weighted by Gasteiger charge is 2.22. The molecule has 1 saturated heterocycles. The molecule has 0 aliphatic carbocycles. The van der Waals surface area contributed by atoms with Crippen LogP contribution in [0.2, 0.25) is 0 Å². The van der Waals surface area contributed by atoms with E-state index in [4.69, 9.17) is 0 Å². The lowest BCUT2D eigenvalue weighted by molar-refractivity contribution is 0.269. The summed E-state index contributed by atoms with van der Waals surface area (Å²) in [6.45, 7) is 8.57. The van der Waals surface area contributed by atoms with Crippen molar-refractivity contribution in [3.05, 3.63) is 12.2 Å². The summed E-state index contributed by atoms with van der Waals surface area (Å²) < 4.78 is 0. The maximum absolute atomic E-state index is 4.22. The van der Waals surface area contributed by atoms with Gasteiger partial charge < -0.3 is 0 Å². The lowest BCUT2D eigenvalue weighted by atomic mass is 10.1. The van der Waals surface area contributed by atoms with Gasteiger partial charge in [-0.15, -0.1) is 0 Å². The number of likely N-dealkylation sites (tertiary alicyclic amines) is 1. The quantitative estimate of drug-likeness (QED) is 0.520. The van der Waals surface area contributed by atoms with Crippen molar-refractivity contribution in [2.24, 2.45) is 0 Å². The van der Waals surface area contributed by atoms with E-state index in [1.807, 2.05) is 0 Å². The summed E-state index contributed by atoms with van der Waals surface area (Å²) in [5, 5.41) is 0. The SMILES string of the molecule is C=C(CS)CN1CCCC1CC. The van der Waals surface area contributed by atoms with E-state index in [-0.39, 0.29) is 0 Å². The van der Waals surface area contributed by atoms with Gasteiger partial charge in [0.05, 0.1) is 0 Å². The molecule has 70 valence electrons.